The van der Waals surface area contributed by atoms with Gasteiger partial charge >= 0.3 is 0 Å². The van der Waals surface area contributed by atoms with Crippen LogP contribution in [0.5, 0.6) is 0 Å². The predicted molar refractivity (Wildman–Crippen MR) is 72.5 cm³/mol. The molecule has 1 amide bonds. The Labute approximate surface area is 117 Å². The van der Waals surface area contributed by atoms with Gasteiger partial charge in [0.1, 0.15) is 12.4 Å². The normalized spacial score (nSPS) is 20.9. The molecule has 1 fully saturated rings. The second kappa shape index (κ2) is 5.80. The van der Waals surface area contributed by atoms with Crippen LogP contribution in [0.2, 0.25) is 0 Å². The van der Waals surface area contributed by atoms with E-state index in [1.54, 1.807) is 12.3 Å². The van der Waals surface area contributed by atoms with Crippen LogP contribution in [-0.2, 0) is 21.2 Å². The van der Waals surface area contributed by atoms with Gasteiger partial charge in [0, 0.05) is 18.8 Å². The zero-order valence-corrected chi connectivity index (χ0v) is 11.8. The van der Waals surface area contributed by atoms with Crippen molar-refractivity contribution in [3.05, 3.63) is 12.3 Å². The Hall–Kier alpha value is -1.61. The summed E-state index contributed by atoms with van der Waals surface area (Å²) in [4.78, 5) is 13.6. The number of aromatic nitrogens is 2. The first kappa shape index (κ1) is 14.8. The molecule has 8 nitrogen and oxygen atoms in total. The maximum absolute atomic E-state index is 12.2. The van der Waals surface area contributed by atoms with Crippen LogP contribution < -0.4 is 5.73 Å². The number of sulfone groups is 1. The SMILES string of the molecule is Nc1ccn(CC(=O)N(CCO)C2CCS(=O)(=O)C2)n1. The topological polar surface area (TPSA) is 119 Å². The molecule has 20 heavy (non-hydrogen) atoms. The zero-order chi connectivity index (χ0) is 14.8. The van der Waals surface area contributed by atoms with Crippen LogP contribution in [-0.4, -0.2) is 64.8 Å². The number of nitrogens with two attached hydrogens (primary N) is 1. The molecule has 0 radical (unpaired) electrons. The Kier molecular flexibility index (Phi) is 4.29. The number of aliphatic hydroxyl groups excluding tert-OH is 1. The van der Waals surface area contributed by atoms with E-state index in [0.29, 0.717) is 12.2 Å². The average Bonchev–Trinajstić information content (AvgIpc) is 2.92. The van der Waals surface area contributed by atoms with Gasteiger partial charge in [0.2, 0.25) is 5.91 Å². The number of hydrogen-bond donors (Lipinski definition) is 2. The number of amides is 1. The van der Waals surface area contributed by atoms with Crippen molar-refractivity contribution in [2.24, 2.45) is 0 Å². The van der Waals surface area contributed by atoms with Crippen molar-refractivity contribution in [3.8, 4) is 0 Å². The molecule has 2 heterocycles. The van der Waals surface area contributed by atoms with Crippen molar-refractivity contribution >= 4 is 21.6 Å². The first-order chi connectivity index (χ1) is 9.41. The molecule has 112 valence electrons. The third-order valence-corrected chi connectivity index (χ3v) is 5.02. The Bertz CT molecular complexity index is 583. The standard InChI is InChI=1S/C11H18N4O4S/c12-10-1-3-14(13-10)7-11(17)15(4-5-16)9-2-6-20(18,19)8-9/h1,3,9,16H,2,4-8H2,(H2,12,13). The van der Waals surface area contributed by atoms with Gasteiger partial charge in [0.25, 0.3) is 0 Å². The highest BCUT2D eigenvalue weighted by Gasteiger charge is 2.34. The van der Waals surface area contributed by atoms with Gasteiger partial charge in [-0.15, -0.1) is 0 Å². The van der Waals surface area contributed by atoms with Crippen LogP contribution in [0.15, 0.2) is 12.3 Å². The fourth-order valence-corrected chi connectivity index (χ4v) is 4.07. The zero-order valence-electron chi connectivity index (χ0n) is 11.0. The lowest BCUT2D eigenvalue weighted by Crippen LogP contribution is -2.44. The molecule has 1 aromatic heterocycles. The number of nitrogens with zero attached hydrogens (tertiary/aromatic N) is 3. The Morgan fingerprint density at radius 3 is 2.85 bits per heavy atom. The fourth-order valence-electron chi connectivity index (χ4n) is 2.33. The van der Waals surface area contributed by atoms with E-state index < -0.39 is 9.84 Å². The molecule has 1 aromatic rings. The Balaban J connectivity index is 2.06. The number of carbonyl (C=O) groups is 1. The average molecular weight is 302 g/mol. The first-order valence-electron chi connectivity index (χ1n) is 6.31. The molecule has 0 aliphatic carbocycles. The molecule has 0 bridgehead atoms. The highest BCUT2D eigenvalue weighted by atomic mass is 32.2. The van der Waals surface area contributed by atoms with Crippen molar-refractivity contribution in [1.29, 1.82) is 0 Å². The summed E-state index contributed by atoms with van der Waals surface area (Å²) in [6.45, 7) is -0.104. The number of rotatable bonds is 5. The van der Waals surface area contributed by atoms with E-state index in [-0.39, 0.29) is 43.2 Å². The van der Waals surface area contributed by atoms with Crippen LogP contribution in [0.25, 0.3) is 0 Å². The number of carbonyl (C=O) groups excluding carboxylic acids is 1. The first-order valence-corrected chi connectivity index (χ1v) is 8.13. The van der Waals surface area contributed by atoms with E-state index in [9.17, 15) is 13.2 Å². The van der Waals surface area contributed by atoms with Gasteiger partial charge in [-0.05, 0) is 12.5 Å². The van der Waals surface area contributed by atoms with Crippen molar-refractivity contribution in [1.82, 2.24) is 14.7 Å². The lowest BCUT2D eigenvalue weighted by molar-refractivity contribution is -0.134. The third-order valence-electron chi connectivity index (χ3n) is 3.27. The molecule has 1 saturated heterocycles. The van der Waals surface area contributed by atoms with Crippen LogP contribution in [0.4, 0.5) is 5.82 Å². The molecule has 2 rings (SSSR count). The van der Waals surface area contributed by atoms with Gasteiger partial charge in [-0.2, -0.15) is 5.10 Å². The minimum atomic E-state index is -3.08. The minimum Gasteiger partial charge on any atom is -0.395 e. The molecular weight excluding hydrogens is 284 g/mol. The fraction of sp³-hybridized carbons (Fsp3) is 0.636. The molecule has 1 aliphatic rings. The highest BCUT2D eigenvalue weighted by molar-refractivity contribution is 7.91. The number of anilines is 1. The van der Waals surface area contributed by atoms with Gasteiger partial charge in [-0.1, -0.05) is 0 Å². The largest absolute Gasteiger partial charge is 0.395 e. The summed E-state index contributed by atoms with van der Waals surface area (Å²) in [6.07, 6.45) is 1.99. The van der Waals surface area contributed by atoms with Crippen LogP contribution in [0.3, 0.4) is 0 Å². The van der Waals surface area contributed by atoms with Crippen molar-refractivity contribution in [2.75, 3.05) is 30.4 Å². The third kappa shape index (κ3) is 3.48. The predicted octanol–water partition coefficient (Wildman–Crippen LogP) is -1.53. The van der Waals surface area contributed by atoms with E-state index in [2.05, 4.69) is 5.10 Å². The molecule has 0 spiro atoms. The van der Waals surface area contributed by atoms with E-state index in [1.165, 1.54) is 9.58 Å². The van der Waals surface area contributed by atoms with Crippen LogP contribution >= 0.6 is 0 Å². The summed E-state index contributed by atoms with van der Waals surface area (Å²) < 4.78 is 24.4. The molecule has 9 heteroatoms. The van der Waals surface area contributed by atoms with E-state index in [0.717, 1.165) is 0 Å². The lowest BCUT2D eigenvalue weighted by atomic mass is 10.2. The van der Waals surface area contributed by atoms with Crippen molar-refractivity contribution < 1.29 is 18.3 Å². The van der Waals surface area contributed by atoms with Gasteiger partial charge in [0.05, 0.1) is 18.1 Å². The van der Waals surface area contributed by atoms with Crippen molar-refractivity contribution in [3.63, 3.8) is 0 Å². The number of hydrogen-bond acceptors (Lipinski definition) is 6. The molecule has 0 saturated carbocycles. The summed E-state index contributed by atoms with van der Waals surface area (Å²) in [5.74, 6) is 0.0842. The van der Waals surface area contributed by atoms with Gasteiger partial charge < -0.3 is 15.7 Å². The Morgan fingerprint density at radius 2 is 2.35 bits per heavy atom. The van der Waals surface area contributed by atoms with Crippen LogP contribution in [0.1, 0.15) is 6.42 Å². The molecule has 1 unspecified atom stereocenters. The van der Waals surface area contributed by atoms with Gasteiger partial charge in [-0.25, -0.2) is 8.42 Å². The maximum Gasteiger partial charge on any atom is 0.244 e. The molecule has 0 aromatic carbocycles. The second-order valence-electron chi connectivity index (χ2n) is 4.81. The Morgan fingerprint density at radius 1 is 1.60 bits per heavy atom. The number of aliphatic hydroxyl groups is 1. The number of nitrogen functional groups attached to an aromatic ring is 1. The smallest absolute Gasteiger partial charge is 0.244 e. The van der Waals surface area contributed by atoms with E-state index in [1.807, 2.05) is 0 Å². The molecule has 1 atom stereocenters. The van der Waals surface area contributed by atoms with Crippen molar-refractivity contribution in [2.45, 2.75) is 19.0 Å². The van der Waals surface area contributed by atoms with Crippen LogP contribution in [0, 0.1) is 0 Å². The lowest BCUT2D eigenvalue weighted by Gasteiger charge is -2.27. The monoisotopic (exact) mass is 302 g/mol. The van der Waals surface area contributed by atoms with Gasteiger partial charge in [-0.3, -0.25) is 9.48 Å². The summed E-state index contributed by atoms with van der Waals surface area (Å²) >= 11 is 0. The second-order valence-corrected chi connectivity index (χ2v) is 7.03. The minimum absolute atomic E-state index is 0.0201. The van der Waals surface area contributed by atoms with Gasteiger partial charge in [0.15, 0.2) is 9.84 Å². The summed E-state index contributed by atoms with van der Waals surface area (Å²) in [5, 5.41) is 13.0. The van der Waals surface area contributed by atoms with E-state index in [4.69, 9.17) is 10.8 Å². The summed E-state index contributed by atoms with van der Waals surface area (Å²) in [7, 11) is -3.08. The summed E-state index contributed by atoms with van der Waals surface area (Å²) in [6, 6.07) is 1.21. The molecule has 1 aliphatic heterocycles. The molecular formula is C11H18N4O4S. The highest BCUT2D eigenvalue weighted by Crippen LogP contribution is 2.18. The van der Waals surface area contributed by atoms with E-state index >= 15 is 0 Å². The quantitative estimate of drug-likeness (QED) is 0.681. The molecule has 3 N–H and O–H groups in total. The maximum atomic E-state index is 12.2. The summed E-state index contributed by atoms with van der Waals surface area (Å²) in [5.41, 5.74) is 5.47.